The van der Waals surface area contributed by atoms with E-state index in [9.17, 15) is 0 Å². The van der Waals surface area contributed by atoms with Gasteiger partial charge in [0.1, 0.15) is 11.5 Å². The van der Waals surface area contributed by atoms with Crippen LogP contribution in [-0.4, -0.2) is 19.9 Å². The molecule has 0 unspecified atom stereocenters. The predicted molar refractivity (Wildman–Crippen MR) is 257 cm³/mol. The van der Waals surface area contributed by atoms with Crippen molar-refractivity contribution in [3.63, 3.8) is 0 Å². The van der Waals surface area contributed by atoms with Crippen molar-refractivity contribution in [2.45, 2.75) is 5.41 Å². The third-order valence-corrected chi connectivity index (χ3v) is 13.0. The van der Waals surface area contributed by atoms with Gasteiger partial charge in [-0.1, -0.05) is 146 Å². The number of fused-ring (bicyclic) bond motifs is 13. The number of benzene rings is 7. The van der Waals surface area contributed by atoms with Gasteiger partial charge in [0.15, 0.2) is 0 Å². The molecule has 4 aromatic heterocycles. The number of pyridine rings is 4. The van der Waals surface area contributed by atoms with Gasteiger partial charge in [-0.05, 0) is 105 Å². The summed E-state index contributed by atoms with van der Waals surface area (Å²) >= 11 is 0. The average molecular weight is 817 g/mol. The van der Waals surface area contributed by atoms with Gasteiger partial charge >= 0.3 is 0 Å². The molecular weight excluding hydrogens is 781 g/mol. The fourth-order valence-electron chi connectivity index (χ4n) is 10.3. The number of rotatable bonds is 5. The number of ether oxygens (including phenoxy) is 1. The molecule has 298 valence electrons. The van der Waals surface area contributed by atoms with Crippen molar-refractivity contribution >= 4 is 21.7 Å². The van der Waals surface area contributed by atoms with Crippen LogP contribution in [-0.2, 0) is 5.41 Å². The van der Waals surface area contributed by atoms with E-state index in [0.29, 0.717) is 0 Å². The molecule has 0 saturated heterocycles. The number of hydrogen-bond donors (Lipinski definition) is 0. The number of para-hydroxylation sites is 3. The lowest BCUT2D eigenvalue weighted by atomic mass is 9.65. The minimum absolute atomic E-state index is 0.654. The maximum absolute atomic E-state index is 6.75. The first-order valence-electron chi connectivity index (χ1n) is 21.6. The summed E-state index contributed by atoms with van der Waals surface area (Å²) in [6.45, 7) is 0. The fourth-order valence-corrected chi connectivity index (χ4v) is 10.3. The largest absolute Gasteiger partial charge is 0.457 e. The lowest BCUT2D eigenvalue weighted by molar-refractivity contribution is 0.436. The monoisotopic (exact) mass is 816 g/mol. The standard InChI is InChI=1S/C59H36N4O/c1-2-14-39(15-3-1)58-44-30-31-47-57(56(44)43-16-4-7-19-49(43)63-58)42-29-28-40(34-48(42)59(47)45-17-5-8-22-54(45)64-55-23-9-6-18-46(55)59)37-24-26-38(27-25-37)41-35-52(50-20-10-12-32-60-50)62-53(36-41)51-21-11-13-33-61-51/h1-36H. The average Bonchev–Trinajstić information content (AvgIpc) is 3.66. The first kappa shape index (κ1) is 36.1. The molecule has 0 bridgehead atoms. The summed E-state index contributed by atoms with van der Waals surface area (Å²) in [5, 5.41) is 3.48. The highest BCUT2D eigenvalue weighted by Gasteiger charge is 2.51. The zero-order chi connectivity index (χ0) is 42.2. The van der Waals surface area contributed by atoms with Gasteiger partial charge in [0.05, 0.1) is 39.4 Å². The zero-order valence-corrected chi connectivity index (χ0v) is 34.5. The molecule has 64 heavy (non-hydrogen) atoms. The minimum atomic E-state index is -0.654. The van der Waals surface area contributed by atoms with Gasteiger partial charge < -0.3 is 4.74 Å². The molecule has 0 fully saturated rings. The highest BCUT2D eigenvalue weighted by Crippen LogP contribution is 2.64. The molecule has 5 heterocycles. The van der Waals surface area contributed by atoms with E-state index in [1.54, 1.807) is 12.4 Å². The number of nitrogens with zero attached hydrogens (tertiary/aromatic N) is 4. The maximum atomic E-state index is 6.75. The van der Waals surface area contributed by atoms with Crippen LogP contribution >= 0.6 is 0 Å². The fraction of sp³-hybridized carbons (Fsp3) is 0.0169. The molecule has 2 aliphatic rings. The molecular formula is C59H36N4O. The molecule has 11 aromatic rings. The van der Waals surface area contributed by atoms with Crippen molar-refractivity contribution in [1.29, 1.82) is 0 Å². The molecule has 7 aromatic carbocycles. The molecule has 1 aliphatic heterocycles. The second-order valence-electron chi connectivity index (χ2n) is 16.5. The Balaban J connectivity index is 1.03. The predicted octanol–water partition coefficient (Wildman–Crippen LogP) is 14.4. The van der Waals surface area contributed by atoms with E-state index < -0.39 is 5.41 Å². The van der Waals surface area contributed by atoms with Crippen LogP contribution in [0.3, 0.4) is 0 Å². The van der Waals surface area contributed by atoms with E-state index in [4.69, 9.17) is 14.7 Å². The molecule has 0 radical (unpaired) electrons. The molecule has 5 heteroatoms. The Hall–Kier alpha value is -8.54. The molecule has 5 nitrogen and oxygen atoms in total. The van der Waals surface area contributed by atoms with E-state index in [1.807, 2.05) is 36.4 Å². The van der Waals surface area contributed by atoms with E-state index in [2.05, 4.69) is 180 Å². The SMILES string of the molecule is c1ccc(-c2nc3ccccc3c3c4c(ccc23)C2(c3ccccc3Oc3ccccc32)c2cc(-c3ccc(-c5cc(-c6ccccn6)nc(-c6ccccn6)c5)cc3)ccc2-4)cc1. The summed E-state index contributed by atoms with van der Waals surface area (Å²) in [7, 11) is 0. The summed E-state index contributed by atoms with van der Waals surface area (Å²) < 4.78 is 6.75. The van der Waals surface area contributed by atoms with Crippen LogP contribution in [0.1, 0.15) is 22.3 Å². The van der Waals surface area contributed by atoms with E-state index in [-0.39, 0.29) is 0 Å². The van der Waals surface area contributed by atoms with Gasteiger partial charge in [-0.25, -0.2) is 9.97 Å². The summed E-state index contributed by atoms with van der Waals surface area (Å²) in [6.07, 6.45) is 3.61. The topological polar surface area (TPSA) is 60.8 Å². The second kappa shape index (κ2) is 14.3. The van der Waals surface area contributed by atoms with Crippen molar-refractivity contribution in [3.8, 4) is 78.9 Å². The van der Waals surface area contributed by atoms with Gasteiger partial charge in [0.2, 0.25) is 0 Å². The molecule has 0 saturated carbocycles. The molecule has 1 aliphatic carbocycles. The highest BCUT2D eigenvalue weighted by molar-refractivity contribution is 6.19. The van der Waals surface area contributed by atoms with Gasteiger partial charge in [-0.15, -0.1) is 0 Å². The summed E-state index contributed by atoms with van der Waals surface area (Å²) in [5.41, 5.74) is 17.2. The van der Waals surface area contributed by atoms with Crippen molar-refractivity contribution in [2.24, 2.45) is 0 Å². The lowest BCUT2D eigenvalue weighted by Crippen LogP contribution is -2.32. The Morgan fingerprint density at radius 1 is 0.359 bits per heavy atom. The maximum Gasteiger partial charge on any atom is 0.132 e. The summed E-state index contributed by atoms with van der Waals surface area (Å²) in [6, 6.07) is 73.0. The Kier molecular flexibility index (Phi) is 8.06. The van der Waals surface area contributed by atoms with Crippen LogP contribution < -0.4 is 4.74 Å². The third kappa shape index (κ3) is 5.44. The highest BCUT2D eigenvalue weighted by atomic mass is 16.5. The number of hydrogen-bond acceptors (Lipinski definition) is 5. The summed E-state index contributed by atoms with van der Waals surface area (Å²) in [4.78, 5) is 19.6. The second-order valence-corrected chi connectivity index (χ2v) is 16.5. The minimum Gasteiger partial charge on any atom is -0.457 e. The van der Waals surface area contributed by atoms with E-state index >= 15 is 0 Å². The Morgan fingerprint density at radius 2 is 0.953 bits per heavy atom. The van der Waals surface area contributed by atoms with E-state index in [0.717, 1.165) is 95.2 Å². The Morgan fingerprint density at radius 3 is 1.62 bits per heavy atom. The third-order valence-electron chi connectivity index (χ3n) is 13.0. The molecule has 0 atom stereocenters. The van der Waals surface area contributed by atoms with Gasteiger partial charge in [0.25, 0.3) is 0 Å². The lowest BCUT2D eigenvalue weighted by Gasteiger charge is -2.39. The Bertz CT molecular complexity index is 3520. The summed E-state index contributed by atoms with van der Waals surface area (Å²) in [5.74, 6) is 1.74. The first-order chi connectivity index (χ1) is 31.7. The van der Waals surface area contributed by atoms with Crippen LogP contribution in [0.5, 0.6) is 11.5 Å². The zero-order valence-electron chi connectivity index (χ0n) is 34.5. The van der Waals surface area contributed by atoms with Crippen LogP contribution in [0, 0.1) is 0 Å². The van der Waals surface area contributed by atoms with Crippen molar-refractivity contribution in [2.75, 3.05) is 0 Å². The molecule has 1 spiro atoms. The quantitative estimate of drug-likeness (QED) is 0.162. The van der Waals surface area contributed by atoms with Gasteiger partial charge in [-0.3, -0.25) is 9.97 Å². The van der Waals surface area contributed by atoms with Crippen molar-refractivity contribution < 1.29 is 4.74 Å². The van der Waals surface area contributed by atoms with Crippen molar-refractivity contribution in [1.82, 2.24) is 19.9 Å². The van der Waals surface area contributed by atoms with Crippen LogP contribution in [0.2, 0.25) is 0 Å². The molecule has 0 N–H and O–H groups in total. The first-order valence-corrected chi connectivity index (χ1v) is 21.6. The van der Waals surface area contributed by atoms with Crippen LogP contribution in [0.25, 0.3) is 89.1 Å². The van der Waals surface area contributed by atoms with E-state index in [1.165, 1.54) is 27.6 Å². The smallest absolute Gasteiger partial charge is 0.132 e. The normalized spacial score (nSPS) is 12.9. The van der Waals surface area contributed by atoms with Gasteiger partial charge in [-0.2, -0.15) is 0 Å². The number of aromatic nitrogens is 4. The van der Waals surface area contributed by atoms with Crippen LogP contribution in [0.4, 0.5) is 0 Å². The molecule has 13 rings (SSSR count). The Labute approximate surface area is 370 Å². The van der Waals surface area contributed by atoms with Gasteiger partial charge in [0, 0.05) is 45.2 Å². The molecule has 0 amide bonds. The van der Waals surface area contributed by atoms with Crippen molar-refractivity contribution in [3.05, 3.63) is 241 Å². The van der Waals surface area contributed by atoms with Crippen LogP contribution in [0.15, 0.2) is 219 Å².